The van der Waals surface area contributed by atoms with Crippen LogP contribution in [0.5, 0.6) is 11.5 Å². The number of hydrogen-bond acceptors (Lipinski definition) is 2. The molecule has 0 fully saturated rings. The first-order chi connectivity index (χ1) is 8.67. The van der Waals surface area contributed by atoms with Gasteiger partial charge in [-0.25, -0.2) is 0 Å². The van der Waals surface area contributed by atoms with Gasteiger partial charge in [-0.05, 0) is 19.9 Å². The molecular formula is C16H18O2. The molecule has 0 saturated carbocycles. The van der Waals surface area contributed by atoms with E-state index in [0.717, 1.165) is 27.8 Å². The van der Waals surface area contributed by atoms with E-state index < -0.39 is 0 Å². The van der Waals surface area contributed by atoms with Crippen LogP contribution >= 0.6 is 0 Å². The highest BCUT2D eigenvalue weighted by Crippen LogP contribution is 2.37. The van der Waals surface area contributed by atoms with Gasteiger partial charge < -0.3 is 9.47 Å². The molecule has 0 aromatic heterocycles. The van der Waals surface area contributed by atoms with E-state index in [0.29, 0.717) is 0 Å². The molecule has 0 unspecified atom stereocenters. The molecule has 0 bridgehead atoms. The molecular weight excluding hydrogens is 224 g/mol. The Bertz CT molecular complexity index is 593. The third-order valence-electron chi connectivity index (χ3n) is 2.85. The van der Waals surface area contributed by atoms with Crippen molar-refractivity contribution in [2.45, 2.75) is 13.8 Å². The minimum absolute atomic E-state index is 0.874. The van der Waals surface area contributed by atoms with Gasteiger partial charge in [0.05, 0.1) is 14.2 Å². The summed E-state index contributed by atoms with van der Waals surface area (Å²) in [5, 5.41) is 2.15. The summed E-state index contributed by atoms with van der Waals surface area (Å²) in [6, 6.07) is 10.1. The van der Waals surface area contributed by atoms with Crippen molar-refractivity contribution in [2.75, 3.05) is 14.2 Å². The number of benzene rings is 2. The van der Waals surface area contributed by atoms with Gasteiger partial charge in [0.1, 0.15) is 11.5 Å². The van der Waals surface area contributed by atoms with E-state index in [1.54, 1.807) is 14.2 Å². The van der Waals surface area contributed by atoms with Crippen molar-refractivity contribution in [3.05, 3.63) is 41.5 Å². The fourth-order valence-corrected chi connectivity index (χ4v) is 2.15. The van der Waals surface area contributed by atoms with Crippen LogP contribution in [-0.2, 0) is 0 Å². The number of rotatable bonds is 3. The molecule has 2 aromatic rings. The SMILES string of the molecule is COc1cc(C=C(C)C)c(OC)c2ccccc12. The lowest BCUT2D eigenvalue weighted by molar-refractivity contribution is 0.409. The molecule has 2 nitrogen and oxygen atoms in total. The summed E-state index contributed by atoms with van der Waals surface area (Å²) >= 11 is 0. The summed E-state index contributed by atoms with van der Waals surface area (Å²) < 4.78 is 11.0. The predicted molar refractivity (Wildman–Crippen MR) is 76.4 cm³/mol. The topological polar surface area (TPSA) is 18.5 Å². The van der Waals surface area contributed by atoms with Crippen molar-refractivity contribution in [2.24, 2.45) is 0 Å². The van der Waals surface area contributed by atoms with Crippen LogP contribution in [0.2, 0.25) is 0 Å². The Morgan fingerprint density at radius 3 is 2.22 bits per heavy atom. The standard InChI is InChI=1S/C16H18O2/c1-11(2)9-12-10-15(17-3)13-7-5-6-8-14(13)16(12)18-4/h5-10H,1-4H3. The summed E-state index contributed by atoms with van der Waals surface area (Å²) in [6.07, 6.45) is 2.10. The van der Waals surface area contributed by atoms with Crippen LogP contribution in [0.4, 0.5) is 0 Å². The molecule has 0 amide bonds. The smallest absolute Gasteiger partial charge is 0.134 e. The summed E-state index contributed by atoms with van der Waals surface area (Å²) in [6.45, 7) is 4.14. The summed E-state index contributed by atoms with van der Waals surface area (Å²) in [7, 11) is 3.40. The van der Waals surface area contributed by atoms with Gasteiger partial charge in [-0.3, -0.25) is 0 Å². The quantitative estimate of drug-likeness (QED) is 0.799. The van der Waals surface area contributed by atoms with Crippen LogP contribution in [0.15, 0.2) is 35.9 Å². The highest BCUT2D eigenvalue weighted by atomic mass is 16.5. The van der Waals surface area contributed by atoms with E-state index in [9.17, 15) is 0 Å². The lowest BCUT2D eigenvalue weighted by Crippen LogP contribution is -1.93. The number of methoxy groups -OCH3 is 2. The maximum absolute atomic E-state index is 5.56. The van der Waals surface area contributed by atoms with Crippen LogP contribution in [-0.4, -0.2) is 14.2 Å². The van der Waals surface area contributed by atoms with Crippen LogP contribution in [0.1, 0.15) is 19.4 Å². The molecule has 0 aliphatic heterocycles. The van der Waals surface area contributed by atoms with E-state index in [2.05, 4.69) is 26.0 Å². The van der Waals surface area contributed by atoms with E-state index in [1.165, 1.54) is 5.57 Å². The van der Waals surface area contributed by atoms with E-state index in [4.69, 9.17) is 9.47 Å². The average Bonchev–Trinajstić information content (AvgIpc) is 2.37. The van der Waals surface area contributed by atoms with Gasteiger partial charge in [0.2, 0.25) is 0 Å². The number of hydrogen-bond donors (Lipinski definition) is 0. The number of fused-ring (bicyclic) bond motifs is 1. The van der Waals surface area contributed by atoms with E-state index in [1.807, 2.05) is 24.3 Å². The monoisotopic (exact) mass is 242 g/mol. The van der Waals surface area contributed by atoms with Gasteiger partial charge in [-0.15, -0.1) is 0 Å². The van der Waals surface area contributed by atoms with Gasteiger partial charge in [-0.2, -0.15) is 0 Å². The third kappa shape index (κ3) is 2.19. The Labute approximate surface area is 108 Å². The van der Waals surface area contributed by atoms with E-state index in [-0.39, 0.29) is 0 Å². The molecule has 0 aliphatic rings. The molecule has 2 heteroatoms. The molecule has 0 saturated heterocycles. The fraction of sp³-hybridized carbons (Fsp3) is 0.250. The Morgan fingerprint density at radius 2 is 1.67 bits per heavy atom. The summed E-state index contributed by atoms with van der Waals surface area (Å²) in [5.74, 6) is 1.77. The average molecular weight is 242 g/mol. The Morgan fingerprint density at radius 1 is 1.00 bits per heavy atom. The maximum Gasteiger partial charge on any atom is 0.134 e. The normalized spacial score (nSPS) is 10.2. The van der Waals surface area contributed by atoms with Gasteiger partial charge in [0, 0.05) is 16.3 Å². The van der Waals surface area contributed by atoms with E-state index >= 15 is 0 Å². The largest absolute Gasteiger partial charge is 0.496 e. The Kier molecular flexibility index (Phi) is 3.56. The fourth-order valence-electron chi connectivity index (χ4n) is 2.15. The molecule has 0 atom stereocenters. The van der Waals surface area contributed by atoms with Crippen LogP contribution < -0.4 is 9.47 Å². The molecule has 94 valence electrons. The summed E-state index contributed by atoms with van der Waals surface area (Å²) in [4.78, 5) is 0. The first-order valence-electron chi connectivity index (χ1n) is 5.96. The van der Waals surface area contributed by atoms with Crippen LogP contribution in [0, 0.1) is 0 Å². The Hall–Kier alpha value is -1.96. The molecule has 0 aliphatic carbocycles. The highest BCUT2D eigenvalue weighted by Gasteiger charge is 2.11. The highest BCUT2D eigenvalue weighted by molar-refractivity contribution is 5.96. The van der Waals surface area contributed by atoms with Gasteiger partial charge in [0.25, 0.3) is 0 Å². The van der Waals surface area contributed by atoms with Gasteiger partial charge in [-0.1, -0.05) is 35.9 Å². The molecule has 2 aromatic carbocycles. The lowest BCUT2D eigenvalue weighted by atomic mass is 10.0. The zero-order valence-electron chi connectivity index (χ0n) is 11.3. The zero-order chi connectivity index (χ0) is 13.1. The second kappa shape index (κ2) is 5.13. The van der Waals surface area contributed by atoms with Crippen molar-refractivity contribution >= 4 is 16.8 Å². The van der Waals surface area contributed by atoms with Crippen molar-refractivity contribution in [1.29, 1.82) is 0 Å². The molecule has 0 spiro atoms. The Balaban J connectivity index is 2.83. The zero-order valence-corrected chi connectivity index (χ0v) is 11.3. The maximum atomic E-state index is 5.56. The molecule has 18 heavy (non-hydrogen) atoms. The molecule has 0 heterocycles. The van der Waals surface area contributed by atoms with Crippen LogP contribution in [0.3, 0.4) is 0 Å². The molecule has 0 radical (unpaired) electrons. The number of ether oxygens (including phenoxy) is 2. The second-order valence-electron chi connectivity index (χ2n) is 4.47. The minimum atomic E-state index is 0.874. The predicted octanol–water partition coefficient (Wildman–Crippen LogP) is 4.28. The second-order valence-corrected chi connectivity index (χ2v) is 4.47. The van der Waals surface area contributed by atoms with Crippen molar-refractivity contribution in [3.8, 4) is 11.5 Å². The van der Waals surface area contributed by atoms with Crippen LogP contribution in [0.25, 0.3) is 16.8 Å². The van der Waals surface area contributed by atoms with Crippen molar-refractivity contribution in [3.63, 3.8) is 0 Å². The lowest BCUT2D eigenvalue weighted by Gasteiger charge is -2.13. The van der Waals surface area contributed by atoms with Gasteiger partial charge in [0.15, 0.2) is 0 Å². The minimum Gasteiger partial charge on any atom is -0.496 e. The van der Waals surface area contributed by atoms with Gasteiger partial charge >= 0.3 is 0 Å². The first-order valence-corrected chi connectivity index (χ1v) is 5.96. The van der Waals surface area contributed by atoms with Crippen molar-refractivity contribution < 1.29 is 9.47 Å². The molecule has 2 rings (SSSR count). The first kappa shape index (κ1) is 12.5. The third-order valence-corrected chi connectivity index (χ3v) is 2.85. The number of allylic oxidation sites excluding steroid dienone is 1. The van der Waals surface area contributed by atoms with Crippen molar-refractivity contribution in [1.82, 2.24) is 0 Å². The summed E-state index contributed by atoms with van der Waals surface area (Å²) in [5.41, 5.74) is 2.28. The molecule has 0 N–H and O–H groups in total.